The third kappa shape index (κ3) is 4.23. The van der Waals surface area contributed by atoms with Gasteiger partial charge in [-0.1, -0.05) is 29.8 Å². The zero-order valence-corrected chi connectivity index (χ0v) is 17.0. The molecule has 7 heteroatoms. The molecule has 1 N–H and O–H groups in total. The third-order valence-corrected chi connectivity index (χ3v) is 4.96. The second-order valence-corrected chi connectivity index (χ2v) is 7.20. The van der Waals surface area contributed by atoms with Crippen molar-refractivity contribution < 1.29 is 19.1 Å². The molecular formula is C23H19ClN2O4. The summed E-state index contributed by atoms with van der Waals surface area (Å²) >= 11 is 6.08. The van der Waals surface area contributed by atoms with E-state index < -0.39 is 0 Å². The Morgan fingerprint density at radius 1 is 1.13 bits per heavy atom. The van der Waals surface area contributed by atoms with E-state index >= 15 is 0 Å². The zero-order valence-electron chi connectivity index (χ0n) is 16.2. The minimum atomic E-state index is -0.279. The first kappa shape index (κ1) is 19.8. The summed E-state index contributed by atoms with van der Waals surface area (Å²) < 4.78 is 10.7. The van der Waals surface area contributed by atoms with Crippen molar-refractivity contribution in [3.8, 4) is 11.5 Å². The van der Waals surface area contributed by atoms with E-state index in [0.29, 0.717) is 40.0 Å². The van der Waals surface area contributed by atoms with E-state index in [9.17, 15) is 9.59 Å². The number of benzene rings is 3. The summed E-state index contributed by atoms with van der Waals surface area (Å²) in [5.74, 6) is 0.729. The Kier molecular flexibility index (Phi) is 5.59. The van der Waals surface area contributed by atoms with Gasteiger partial charge in [-0.05, 0) is 54.1 Å². The molecule has 1 aliphatic heterocycles. The van der Waals surface area contributed by atoms with Crippen molar-refractivity contribution in [1.82, 2.24) is 0 Å². The summed E-state index contributed by atoms with van der Waals surface area (Å²) in [6.45, 7) is 0.312. The van der Waals surface area contributed by atoms with Gasteiger partial charge in [-0.2, -0.15) is 0 Å². The fourth-order valence-electron chi connectivity index (χ4n) is 3.24. The minimum Gasteiger partial charge on any atom is -0.497 e. The Balaban J connectivity index is 1.59. The molecule has 6 nitrogen and oxygen atoms in total. The van der Waals surface area contributed by atoms with Crippen LogP contribution >= 0.6 is 11.6 Å². The molecule has 3 aromatic rings. The highest BCUT2D eigenvalue weighted by atomic mass is 35.5. The molecule has 3 aromatic carbocycles. The predicted molar refractivity (Wildman–Crippen MR) is 116 cm³/mol. The minimum absolute atomic E-state index is 0.0386. The van der Waals surface area contributed by atoms with Gasteiger partial charge in [0.2, 0.25) is 0 Å². The maximum absolute atomic E-state index is 12.6. The molecule has 0 spiro atoms. The number of methoxy groups -OCH3 is 1. The van der Waals surface area contributed by atoms with Gasteiger partial charge in [0.1, 0.15) is 11.5 Å². The lowest BCUT2D eigenvalue weighted by Gasteiger charge is -2.30. The van der Waals surface area contributed by atoms with Crippen LogP contribution in [0, 0.1) is 0 Å². The van der Waals surface area contributed by atoms with E-state index in [1.807, 2.05) is 18.2 Å². The number of carbonyl (C=O) groups excluding carboxylic acids is 2. The molecule has 0 saturated heterocycles. The fraction of sp³-hybridized carbons (Fsp3) is 0.130. The lowest BCUT2D eigenvalue weighted by molar-refractivity contribution is -0.121. The largest absolute Gasteiger partial charge is 0.497 e. The third-order valence-electron chi connectivity index (χ3n) is 4.72. The van der Waals surface area contributed by atoms with Gasteiger partial charge in [0.15, 0.2) is 6.61 Å². The van der Waals surface area contributed by atoms with Crippen molar-refractivity contribution in [2.45, 2.75) is 6.54 Å². The highest BCUT2D eigenvalue weighted by Gasteiger charge is 2.26. The van der Waals surface area contributed by atoms with Crippen molar-refractivity contribution in [2.24, 2.45) is 0 Å². The summed E-state index contributed by atoms with van der Waals surface area (Å²) in [6.07, 6.45) is 0. The molecule has 2 amide bonds. The topological polar surface area (TPSA) is 67.9 Å². The normalized spacial score (nSPS) is 12.7. The van der Waals surface area contributed by atoms with Crippen molar-refractivity contribution in [3.63, 3.8) is 0 Å². The van der Waals surface area contributed by atoms with Gasteiger partial charge >= 0.3 is 0 Å². The van der Waals surface area contributed by atoms with Crippen LogP contribution in [0.15, 0.2) is 66.7 Å². The van der Waals surface area contributed by atoms with E-state index in [4.69, 9.17) is 21.1 Å². The van der Waals surface area contributed by atoms with Gasteiger partial charge in [-0.15, -0.1) is 0 Å². The smallest absolute Gasteiger partial charge is 0.265 e. The van der Waals surface area contributed by atoms with E-state index in [0.717, 1.165) is 5.56 Å². The molecule has 0 aromatic heterocycles. The number of amides is 2. The number of carbonyl (C=O) groups is 2. The number of ether oxygens (including phenoxy) is 2. The molecule has 0 atom stereocenters. The van der Waals surface area contributed by atoms with E-state index in [2.05, 4.69) is 5.32 Å². The Hall–Kier alpha value is -3.51. The molecule has 1 aliphatic rings. The molecule has 0 bridgehead atoms. The summed E-state index contributed by atoms with van der Waals surface area (Å²) in [4.78, 5) is 26.8. The summed E-state index contributed by atoms with van der Waals surface area (Å²) in [5, 5.41) is 3.46. The number of anilines is 2. The van der Waals surface area contributed by atoms with Crippen LogP contribution in [-0.4, -0.2) is 25.5 Å². The fourth-order valence-corrected chi connectivity index (χ4v) is 3.45. The van der Waals surface area contributed by atoms with Crippen LogP contribution < -0.4 is 19.7 Å². The average Bonchev–Trinajstić information content (AvgIpc) is 2.76. The Morgan fingerprint density at radius 3 is 2.77 bits per heavy atom. The van der Waals surface area contributed by atoms with Gasteiger partial charge in [-0.3, -0.25) is 9.59 Å². The maximum Gasteiger partial charge on any atom is 0.265 e. The van der Waals surface area contributed by atoms with Crippen LogP contribution in [0.3, 0.4) is 0 Å². The summed E-state index contributed by atoms with van der Waals surface area (Å²) in [5.41, 5.74) is 2.51. The van der Waals surface area contributed by atoms with Crippen LogP contribution in [0.2, 0.25) is 5.02 Å². The number of rotatable bonds is 5. The number of fused-ring (bicyclic) bond motifs is 1. The van der Waals surface area contributed by atoms with Gasteiger partial charge in [0.25, 0.3) is 11.8 Å². The molecule has 0 aliphatic carbocycles. The van der Waals surface area contributed by atoms with Crippen LogP contribution in [0.4, 0.5) is 11.4 Å². The van der Waals surface area contributed by atoms with Crippen LogP contribution in [0.5, 0.6) is 11.5 Å². The highest BCUT2D eigenvalue weighted by Crippen LogP contribution is 2.36. The van der Waals surface area contributed by atoms with Crippen molar-refractivity contribution in [1.29, 1.82) is 0 Å². The van der Waals surface area contributed by atoms with Crippen molar-refractivity contribution in [3.05, 3.63) is 82.9 Å². The molecule has 0 unspecified atom stereocenters. The van der Waals surface area contributed by atoms with E-state index in [1.54, 1.807) is 60.5 Å². The van der Waals surface area contributed by atoms with Crippen LogP contribution in [-0.2, 0) is 11.3 Å². The Morgan fingerprint density at radius 2 is 1.97 bits per heavy atom. The second-order valence-electron chi connectivity index (χ2n) is 6.77. The van der Waals surface area contributed by atoms with Gasteiger partial charge in [-0.25, -0.2) is 0 Å². The Bertz CT molecular complexity index is 1120. The lowest BCUT2D eigenvalue weighted by atomic mass is 10.1. The standard InChI is InChI=1S/C23H19ClN2O4/c1-29-19-7-3-5-16(11-19)23(28)25-18-8-9-21-20(12-18)26(22(27)14-30-21)13-15-4-2-6-17(24)10-15/h2-12H,13-14H2,1H3,(H,25,28). The molecule has 4 rings (SSSR count). The predicted octanol–water partition coefficient (Wildman–Crippen LogP) is 4.53. The van der Waals surface area contributed by atoms with Crippen LogP contribution in [0.1, 0.15) is 15.9 Å². The molecule has 152 valence electrons. The summed E-state index contributed by atoms with van der Waals surface area (Å²) in [7, 11) is 1.55. The average molecular weight is 423 g/mol. The van der Waals surface area contributed by atoms with Crippen molar-refractivity contribution in [2.75, 3.05) is 23.9 Å². The van der Waals surface area contributed by atoms with Gasteiger partial charge in [0, 0.05) is 16.3 Å². The molecular weight excluding hydrogens is 404 g/mol. The number of halogens is 1. The van der Waals surface area contributed by atoms with Crippen molar-refractivity contribution >= 4 is 34.8 Å². The molecule has 0 saturated carbocycles. The maximum atomic E-state index is 12.6. The lowest BCUT2D eigenvalue weighted by Crippen LogP contribution is -2.38. The number of hydrogen-bond donors (Lipinski definition) is 1. The molecule has 0 radical (unpaired) electrons. The molecule has 30 heavy (non-hydrogen) atoms. The van der Waals surface area contributed by atoms with E-state index in [1.165, 1.54) is 0 Å². The SMILES string of the molecule is COc1cccc(C(=O)Nc2ccc3c(c2)N(Cc2cccc(Cl)c2)C(=O)CO3)c1. The van der Waals surface area contributed by atoms with Gasteiger partial charge < -0.3 is 19.7 Å². The number of nitrogens with zero attached hydrogens (tertiary/aromatic N) is 1. The zero-order chi connectivity index (χ0) is 21.1. The first-order valence-corrected chi connectivity index (χ1v) is 9.68. The number of nitrogens with one attached hydrogen (secondary N) is 1. The van der Waals surface area contributed by atoms with E-state index in [-0.39, 0.29) is 18.4 Å². The number of hydrogen-bond acceptors (Lipinski definition) is 4. The Labute approximate surface area is 179 Å². The first-order chi connectivity index (χ1) is 14.5. The quantitative estimate of drug-likeness (QED) is 0.656. The highest BCUT2D eigenvalue weighted by molar-refractivity contribution is 6.30. The second kappa shape index (κ2) is 8.47. The summed E-state index contributed by atoms with van der Waals surface area (Å²) in [6, 6.07) is 19.4. The molecule has 1 heterocycles. The molecule has 0 fully saturated rings. The first-order valence-electron chi connectivity index (χ1n) is 9.30. The monoisotopic (exact) mass is 422 g/mol. The van der Waals surface area contributed by atoms with Gasteiger partial charge in [0.05, 0.1) is 19.3 Å². The van der Waals surface area contributed by atoms with Crippen LogP contribution in [0.25, 0.3) is 0 Å².